The van der Waals surface area contributed by atoms with E-state index in [0.29, 0.717) is 17.7 Å². The van der Waals surface area contributed by atoms with Crippen LogP contribution in [-0.4, -0.2) is 73.3 Å². The van der Waals surface area contributed by atoms with Crippen molar-refractivity contribution in [3.8, 4) is 0 Å². The summed E-state index contributed by atoms with van der Waals surface area (Å²) < 4.78 is 9.69. The molecular formula is C23H30N6O4. The molecule has 1 saturated heterocycles. The van der Waals surface area contributed by atoms with Crippen molar-refractivity contribution in [2.75, 3.05) is 32.7 Å². The van der Waals surface area contributed by atoms with E-state index in [1.165, 1.54) is 30.4 Å². The molecule has 1 aliphatic heterocycles. The summed E-state index contributed by atoms with van der Waals surface area (Å²) in [5, 5.41) is 0. The van der Waals surface area contributed by atoms with Gasteiger partial charge < -0.3 is 9.30 Å². The van der Waals surface area contributed by atoms with Crippen LogP contribution in [0.2, 0.25) is 0 Å². The zero-order valence-corrected chi connectivity index (χ0v) is 19.3. The predicted octanol–water partition coefficient (Wildman–Crippen LogP) is 0.183. The molecular weight excluding hydrogens is 424 g/mol. The summed E-state index contributed by atoms with van der Waals surface area (Å²) in [5.74, 6) is -0.368. The molecule has 0 bridgehead atoms. The Balaban J connectivity index is 1.45. The van der Waals surface area contributed by atoms with Crippen molar-refractivity contribution in [3.05, 3.63) is 63.1 Å². The first-order chi connectivity index (χ1) is 15.8. The highest BCUT2D eigenvalue weighted by Crippen LogP contribution is 2.12. The highest BCUT2D eigenvalue weighted by Gasteiger charge is 2.24. The number of aromatic nitrogens is 4. The average Bonchev–Trinajstić information content (AvgIpc) is 3.21. The third kappa shape index (κ3) is 5.07. The van der Waals surface area contributed by atoms with Crippen molar-refractivity contribution in [2.24, 2.45) is 14.1 Å². The zero-order valence-electron chi connectivity index (χ0n) is 19.3. The fraction of sp³-hybridized carbons (Fsp3) is 0.478. The predicted molar refractivity (Wildman–Crippen MR) is 124 cm³/mol. The summed E-state index contributed by atoms with van der Waals surface area (Å²) in [5.41, 5.74) is 1.10. The van der Waals surface area contributed by atoms with Gasteiger partial charge in [0, 0.05) is 60.3 Å². The number of aryl methyl sites for hydroxylation is 1. The number of imidazole rings is 1. The molecule has 1 aliphatic rings. The maximum atomic E-state index is 12.7. The van der Waals surface area contributed by atoms with Gasteiger partial charge in [0.05, 0.1) is 12.9 Å². The second-order valence-electron chi connectivity index (χ2n) is 8.57. The Morgan fingerprint density at radius 2 is 1.67 bits per heavy atom. The van der Waals surface area contributed by atoms with Gasteiger partial charge in [-0.1, -0.05) is 30.3 Å². The van der Waals surface area contributed by atoms with E-state index >= 15 is 0 Å². The number of carbonyl (C=O) groups is 1. The van der Waals surface area contributed by atoms with Gasteiger partial charge in [0.15, 0.2) is 11.2 Å². The van der Waals surface area contributed by atoms with Crippen LogP contribution in [0.4, 0.5) is 0 Å². The van der Waals surface area contributed by atoms with E-state index in [0.717, 1.165) is 37.3 Å². The van der Waals surface area contributed by atoms with Gasteiger partial charge in [-0.25, -0.2) is 9.78 Å². The minimum Gasteiger partial charge on any atom is -0.459 e. The lowest BCUT2D eigenvalue weighted by molar-refractivity contribution is -0.148. The minimum atomic E-state index is -0.442. The summed E-state index contributed by atoms with van der Waals surface area (Å²) in [6.07, 6.45) is 1.09. The molecule has 0 spiro atoms. The van der Waals surface area contributed by atoms with Crippen LogP contribution < -0.4 is 11.2 Å². The monoisotopic (exact) mass is 454 g/mol. The normalized spacial score (nSPS) is 16.2. The van der Waals surface area contributed by atoms with Gasteiger partial charge in [-0.15, -0.1) is 0 Å². The van der Waals surface area contributed by atoms with E-state index in [-0.39, 0.29) is 12.5 Å². The number of nitrogens with zero attached hydrogens (tertiary/aromatic N) is 6. The Bertz CT molecular complexity index is 1240. The fourth-order valence-electron chi connectivity index (χ4n) is 4.38. The molecule has 1 fully saturated rings. The van der Waals surface area contributed by atoms with Crippen molar-refractivity contribution in [1.29, 1.82) is 0 Å². The zero-order chi connectivity index (χ0) is 23.5. The first-order valence-electron chi connectivity index (χ1n) is 11.1. The van der Waals surface area contributed by atoms with E-state index in [1.54, 1.807) is 11.6 Å². The number of hydrogen-bond acceptors (Lipinski definition) is 7. The molecule has 0 saturated carbocycles. The molecule has 4 rings (SSSR count). The SMILES string of the molecule is CC(=O)OC(CN1CCN(Cc2ccccc2)CC1)Cn1cnc2c1c(=O)n(C)c(=O)n2C. The number of piperazine rings is 1. The Morgan fingerprint density at radius 3 is 2.33 bits per heavy atom. The summed E-state index contributed by atoms with van der Waals surface area (Å²) in [4.78, 5) is 45.6. The standard InChI is InChI=1S/C23H30N6O4/c1-17(30)33-19(14-28-11-9-27(10-12-28)13-18-7-5-4-6-8-18)15-29-16-24-21-20(29)22(31)26(3)23(32)25(21)2/h4-8,16,19H,9-15H2,1-3H3. The van der Waals surface area contributed by atoms with Gasteiger partial charge in [0.25, 0.3) is 5.56 Å². The number of rotatable bonds is 7. The molecule has 33 heavy (non-hydrogen) atoms. The van der Waals surface area contributed by atoms with Crippen LogP contribution in [0.5, 0.6) is 0 Å². The molecule has 2 aromatic heterocycles. The Kier molecular flexibility index (Phi) is 6.75. The molecule has 0 aliphatic carbocycles. The van der Waals surface area contributed by atoms with E-state index in [2.05, 4.69) is 39.0 Å². The van der Waals surface area contributed by atoms with Crippen molar-refractivity contribution in [3.63, 3.8) is 0 Å². The number of fused-ring (bicyclic) bond motifs is 1. The van der Waals surface area contributed by atoms with Crippen molar-refractivity contribution < 1.29 is 9.53 Å². The summed E-state index contributed by atoms with van der Waals surface area (Å²) in [6.45, 7) is 6.75. The first kappa shape index (κ1) is 22.9. The number of ether oxygens (including phenoxy) is 1. The topological polar surface area (TPSA) is 94.6 Å². The average molecular weight is 455 g/mol. The minimum absolute atomic E-state index is 0.285. The summed E-state index contributed by atoms with van der Waals surface area (Å²) >= 11 is 0. The van der Waals surface area contributed by atoms with Crippen LogP contribution in [0.15, 0.2) is 46.2 Å². The smallest absolute Gasteiger partial charge is 0.332 e. The maximum Gasteiger partial charge on any atom is 0.332 e. The molecule has 1 aromatic carbocycles. The summed E-state index contributed by atoms with van der Waals surface area (Å²) in [7, 11) is 3.03. The highest BCUT2D eigenvalue weighted by atomic mass is 16.5. The molecule has 0 radical (unpaired) electrons. The number of esters is 1. The molecule has 10 heteroatoms. The first-order valence-corrected chi connectivity index (χ1v) is 11.1. The Hall–Kier alpha value is -3.24. The Morgan fingerprint density at radius 1 is 1.00 bits per heavy atom. The van der Waals surface area contributed by atoms with E-state index in [4.69, 9.17) is 4.74 Å². The number of benzene rings is 1. The van der Waals surface area contributed by atoms with Gasteiger partial charge in [-0.05, 0) is 5.56 Å². The lowest BCUT2D eigenvalue weighted by atomic mass is 10.2. The number of hydrogen-bond donors (Lipinski definition) is 0. The van der Waals surface area contributed by atoms with E-state index in [9.17, 15) is 14.4 Å². The van der Waals surface area contributed by atoms with Crippen LogP contribution in [0.1, 0.15) is 12.5 Å². The van der Waals surface area contributed by atoms with Crippen LogP contribution in [-0.2, 0) is 36.7 Å². The molecule has 0 amide bonds. The van der Waals surface area contributed by atoms with Gasteiger partial charge in [0.1, 0.15) is 6.10 Å². The lowest BCUT2D eigenvalue weighted by Gasteiger charge is -2.36. The van der Waals surface area contributed by atoms with Gasteiger partial charge in [-0.2, -0.15) is 0 Å². The molecule has 176 valence electrons. The van der Waals surface area contributed by atoms with Gasteiger partial charge >= 0.3 is 11.7 Å². The third-order valence-corrected chi connectivity index (χ3v) is 6.13. The quantitative estimate of drug-likeness (QED) is 0.470. The largest absolute Gasteiger partial charge is 0.459 e. The lowest BCUT2D eigenvalue weighted by Crippen LogP contribution is -2.49. The van der Waals surface area contributed by atoms with Crippen molar-refractivity contribution in [2.45, 2.75) is 26.1 Å². The van der Waals surface area contributed by atoms with Gasteiger partial charge in [-0.3, -0.25) is 28.5 Å². The van der Waals surface area contributed by atoms with Gasteiger partial charge in [0.2, 0.25) is 0 Å². The molecule has 0 N–H and O–H groups in total. The second kappa shape index (κ2) is 9.72. The van der Waals surface area contributed by atoms with Crippen molar-refractivity contribution in [1.82, 2.24) is 28.5 Å². The van der Waals surface area contributed by atoms with E-state index in [1.807, 2.05) is 6.07 Å². The third-order valence-electron chi connectivity index (χ3n) is 6.13. The fourth-order valence-corrected chi connectivity index (χ4v) is 4.38. The molecule has 10 nitrogen and oxygen atoms in total. The number of carbonyl (C=O) groups excluding carboxylic acids is 1. The molecule has 3 heterocycles. The molecule has 1 atom stereocenters. The van der Waals surface area contributed by atoms with Crippen molar-refractivity contribution >= 4 is 17.1 Å². The van der Waals surface area contributed by atoms with E-state index < -0.39 is 17.4 Å². The van der Waals surface area contributed by atoms with Crippen LogP contribution in [0, 0.1) is 0 Å². The van der Waals surface area contributed by atoms with Crippen LogP contribution in [0.3, 0.4) is 0 Å². The molecule has 1 unspecified atom stereocenters. The van der Waals surface area contributed by atoms with Crippen LogP contribution in [0.25, 0.3) is 11.2 Å². The van der Waals surface area contributed by atoms with Crippen LogP contribution >= 0.6 is 0 Å². The highest BCUT2D eigenvalue weighted by molar-refractivity contribution is 5.70. The second-order valence-corrected chi connectivity index (χ2v) is 8.57. The molecule has 3 aromatic rings. The summed E-state index contributed by atoms with van der Waals surface area (Å²) in [6, 6.07) is 10.4. The Labute approximate surface area is 191 Å². The maximum absolute atomic E-state index is 12.7.